The van der Waals surface area contributed by atoms with Gasteiger partial charge in [-0.2, -0.15) is 9.90 Å². The van der Waals surface area contributed by atoms with Gasteiger partial charge >= 0.3 is 0 Å². The van der Waals surface area contributed by atoms with Crippen LogP contribution in [0.15, 0.2) is 0 Å². The van der Waals surface area contributed by atoms with Crippen LogP contribution in [-0.4, -0.2) is 5.48 Å². The summed E-state index contributed by atoms with van der Waals surface area (Å²) in [5.41, 5.74) is 0. The molecule has 0 bridgehead atoms. The maximum Gasteiger partial charge on any atom is 0 e. The van der Waals surface area contributed by atoms with Gasteiger partial charge in [0.25, 0.3) is 0 Å². The van der Waals surface area contributed by atoms with Crippen molar-refractivity contribution in [3.05, 3.63) is 0 Å². The second-order valence-corrected chi connectivity index (χ2v) is 0. The summed E-state index contributed by atoms with van der Waals surface area (Å²) in [6.07, 6.45) is 0. The monoisotopic (exact) mass is 178 g/mol. The summed E-state index contributed by atoms with van der Waals surface area (Å²) in [7, 11) is 0. The molecule has 0 radical (unpaired) electrons. The van der Waals surface area contributed by atoms with Gasteiger partial charge in [0.15, 0.2) is 0 Å². The number of rotatable bonds is 0. The molecule has 5 heavy (non-hydrogen) atoms. The fraction of sp³-hybridized carbons (Fsp3) is 1.00. The summed E-state index contributed by atoms with van der Waals surface area (Å²) in [5, 5.41) is 0. The van der Waals surface area contributed by atoms with Crippen molar-refractivity contribution >= 4 is 9.90 Å². The van der Waals surface area contributed by atoms with E-state index in [2.05, 4.69) is 0 Å². The first-order chi connectivity index (χ1) is 0. The average molecular weight is 179 g/mol. The SMILES string of the molecule is C.O.P.[Cr].[Ni]. The van der Waals surface area contributed by atoms with Gasteiger partial charge in [-0.1, -0.05) is 7.43 Å². The second kappa shape index (κ2) is 52.7. The molecule has 1 atom stereocenters. The molecule has 1 nitrogen and oxygen atoms in total. The summed E-state index contributed by atoms with van der Waals surface area (Å²) in [4.78, 5) is 0. The first kappa shape index (κ1) is 93.9. The fourth-order valence-electron chi connectivity index (χ4n) is 0. The van der Waals surface area contributed by atoms with E-state index in [1.807, 2.05) is 0 Å². The molecule has 4 heteroatoms. The van der Waals surface area contributed by atoms with Gasteiger partial charge in [0.05, 0.1) is 0 Å². The zero-order chi connectivity index (χ0) is 0. The minimum atomic E-state index is 0. The number of hydrogen-bond donors (Lipinski definition) is 0. The van der Waals surface area contributed by atoms with E-state index in [0.29, 0.717) is 0 Å². The summed E-state index contributed by atoms with van der Waals surface area (Å²) < 4.78 is 0. The predicted molar refractivity (Wildman–Crippen MR) is 21.4 cm³/mol. The largest absolute Gasteiger partial charge is 0.412 e. The minimum Gasteiger partial charge on any atom is -0.412 e. The van der Waals surface area contributed by atoms with Crippen molar-refractivity contribution in [1.82, 2.24) is 0 Å². The summed E-state index contributed by atoms with van der Waals surface area (Å²) in [5.74, 6) is 0. The smallest absolute Gasteiger partial charge is 0 e. The van der Waals surface area contributed by atoms with Crippen LogP contribution in [0.2, 0.25) is 0 Å². The van der Waals surface area contributed by atoms with Crippen LogP contribution in [0.1, 0.15) is 7.43 Å². The van der Waals surface area contributed by atoms with Gasteiger partial charge in [-0.3, -0.25) is 0 Å². The quantitative estimate of drug-likeness (QED) is 0.366. The van der Waals surface area contributed by atoms with Gasteiger partial charge in [-0.25, -0.2) is 0 Å². The van der Waals surface area contributed by atoms with Gasteiger partial charge in [-0.15, -0.1) is 0 Å². The van der Waals surface area contributed by atoms with Crippen LogP contribution in [0.4, 0.5) is 0 Å². The third-order valence-corrected chi connectivity index (χ3v) is 0. The molecule has 0 aromatic carbocycles. The zero-order valence-electron chi connectivity index (χ0n) is 1.93. The van der Waals surface area contributed by atoms with Crippen LogP contribution in [0, 0.1) is 0 Å². The molecule has 0 heterocycles. The third-order valence-electron chi connectivity index (χ3n) is 0. The Morgan fingerprint density at radius 2 is 1.00 bits per heavy atom. The molecule has 0 saturated heterocycles. The van der Waals surface area contributed by atoms with E-state index in [9.17, 15) is 0 Å². The molecule has 0 spiro atoms. The zero-order valence-corrected chi connectivity index (χ0v) is 5.61. The van der Waals surface area contributed by atoms with E-state index >= 15 is 0 Å². The Bertz CT molecular complexity index is 11.6. The molecule has 0 amide bonds. The van der Waals surface area contributed by atoms with Crippen molar-refractivity contribution < 1.29 is 39.3 Å². The van der Waals surface area contributed by atoms with E-state index in [0.717, 1.165) is 0 Å². The van der Waals surface area contributed by atoms with Gasteiger partial charge in [0.1, 0.15) is 0 Å². The first-order valence-electron chi connectivity index (χ1n) is 0. The Kier molecular flexibility index (Phi) is 989. The van der Waals surface area contributed by atoms with Crippen molar-refractivity contribution in [3.63, 3.8) is 0 Å². The summed E-state index contributed by atoms with van der Waals surface area (Å²) >= 11 is 0. The fourth-order valence-corrected chi connectivity index (χ4v) is 0. The molecule has 0 aliphatic rings. The van der Waals surface area contributed by atoms with Crippen molar-refractivity contribution in [1.29, 1.82) is 0 Å². The summed E-state index contributed by atoms with van der Waals surface area (Å²) in [6.45, 7) is 0. The molecule has 0 aromatic heterocycles. The van der Waals surface area contributed by atoms with Gasteiger partial charge in [-0.05, 0) is 0 Å². The standard InChI is InChI=1S/CH4.Cr.Ni.H2O.H3P/h1H4;;;1H2;1H3. The van der Waals surface area contributed by atoms with Crippen LogP contribution >= 0.6 is 9.90 Å². The Labute approximate surface area is 56.9 Å². The number of hydrogen-bond acceptors (Lipinski definition) is 0. The molecule has 0 aromatic rings. The average Bonchev–Trinajstić information content (AvgIpc) is 0. The molecule has 0 fully saturated rings. The Morgan fingerprint density at radius 1 is 1.00 bits per heavy atom. The Hall–Kier alpha value is 1.42. The van der Waals surface area contributed by atoms with Crippen molar-refractivity contribution in [2.24, 2.45) is 0 Å². The van der Waals surface area contributed by atoms with Crippen LogP contribution in [0.3, 0.4) is 0 Å². The molecule has 40 valence electrons. The molecule has 0 aliphatic carbocycles. The van der Waals surface area contributed by atoms with Gasteiger partial charge < -0.3 is 5.48 Å². The van der Waals surface area contributed by atoms with E-state index in [1.54, 1.807) is 0 Å². The Balaban J connectivity index is 0. The van der Waals surface area contributed by atoms with Gasteiger partial charge in [0, 0.05) is 33.9 Å². The maximum absolute atomic E-state index is 0. The van der Waals surface area contributed by atoms with Crippen molar-refractivity contribution in [3.8, 4) is 0 Å². The molecule has 2 N–H and O–H groups in total. The normalized spacial score (nSPS) is 0. The topological polar surface area (TPSA) is 31.5 Å². The van der Waals surface area contributed by atoms with Gasteiger partial charge in [0.2, 0.25) is 0 Å². The summed E-state index contributed by atoms with van der Waals surface area (Å²) in [6, 6.07) is 0. The molecular formula is CH9CrNiOP. The molecule has 0 saturated carbocycles. The van der Waals surface area contributed by atoms with Crippen LogP contribution in [-0.2, 0) is 33.9 Å². The van der Waals surface area contributed by atoms with Crippen LogP contribution in [0.5, 0.6) is 0 Å². The molecule has 0 aliphatic heterocycles. The van der Waals surface area contributed by atoms with E-state index < -0.39 is 0 Å². The molecular weight excluding hydrogens is 170 g/mol. The van der Waals surface area contributed by atoms with Crippen LogP contribution in [0.25, 0.3) is 0 Å². The second-order valence-electron chi connectivity index (χ2n) is 0. The predicted octanol–water partition coefficient (Wildman–Crippen LogP) is -0.136. The van der Waals surface area contributed by atoms with Crippen LogP contribution < -0.4 is 0 Å². The third kappa shape index (κ3) is 31.5. The van der Waals surface area contributed by atoms with Crippen molar-refractivity contribution in [2.45, 2.75) is 7.43 Å². The molecule has 0 rings (SSSR count). The first-order valence-corrected chi connectivity index (χ1v) is 0. The Morgan fingerprint density at radius 3 is 1.00 bits per heavy atom. The molecule has 1 unspecified atom stereocenters. The maximum atomic E-state index is 0. The van der Waals surface area contributed by atoms with Crippen molar-refractivity contribution in [2.75, 3.05) is 0 Å². The van der Waals surface area contributed by atoms with E-state index in [-0.39, 0.29) is 56.7 Å². The minimum absolute atomic E-state index is 0. The van der Waals surface area contributed by atoms with E-state index in [1.165, 1.54) is 0 Å². The van der Waals surface area contributed by atoms with E-state index in [4.69, 9.17) is 0 Å².